The van der Waals surface area contributed by atoms with Crippen LogP contribution in [0.3, 0.4) is 0 Å². The lowest BCUT2D eigenvalue weighted by molar-refractivity contribution is -0.126. The molecule has 1 amide bonds. The molecule has 0 spiro atoms. The van der Waals surface area contributed by atoms with Gasteiger partial charge in [-0.15, -0.1) is 0 Å². The van der Waals surface area contributed by atoms with Crippen molar-refractivity contribution < 1.29 is 22.7 Å². The van der Waals surface area contributed by atoms with Gasteiger partial charge >= 0.3 is 0 Å². The molecule has 0 bridgehead atoms. The van der Waals surface area contributed by atoms with Gasteiger partial charge in [0.15, 0.2) is 0 Å². The summed E-state index contributed by atoms with van der Waals surface area (Å²) >= 11 is 0. The van der Waals surface area contributed by atoms with Crippen molar-refractivity contribution in [1.82, 2.24) is 9.62 Å². The molecule has 1 aliphatic rings. The molecule has 1 saturated heterocycles. The number of amides is 1. The van der Waals surface area contributed by atoms with Crippen LogP contribution in [0.4, 0.5) is 0 Å². The number of nitrogens with zero attached hydrogens (tertiary/aromatic N) is 1. The second kappa shape index (κ2) is 9.77. The number of carbonyl (C=O) groups is 1. The minimum absolute atomic E-state index is 0.110. The molecule has 1 fully saturated rings. The molecule has 0 aromatic heterocycles. The zero-order chi connectivity index (χ0) is 21.6. The van der Waals surface area contributed by atoms with Crippen LogP contribution in [0.25, 0.3) is 6.08 Å². The van der Waals surface area contributed by atoms with Gasteiger partial charge in [-0.3, -0.25) is 4.79 Å². The molecule has 0 unspecified atom stereocenters. The number of piperidine rings is 1. The van der Waals surface area contributed by atoms with Crippen LogP contribution in [0.1, 0.15) is 18.4 Å². The average Bonchev–Trinajstić information content (AvgIpc) is 2.78. The van der Waals surface area contributed by atoms with E-state index in [4.69, 9.17) is 9.47 Å². The lowest BCUT2D eigenvalue weighted by Crippen LogP contribution is -2.46. The SMILES string of the molecule is COc1cc(C=CC(=O)N2CCC(NS(=O)(=O)c3ccccc3)CC2)cc(OC)c1. The summed E-state index contributed by atoms with van der Waals surface area (Å²) in [5.41, 5.74) is 0.796. The van der Waals surface area contributed by atoms with Gasteiger partial charge in [0.1, 0.15) is 11.5 Å². The second-order valence-corrected chi connectivity index (χ2v) is 8.73. The Morgan fingerprint density at radius 1 is 1.03 bits per heavy atom. The highest BCUT2D eigenvalue weighted by atomic mass is 32.2. The number of carbonyl (C=O) groups excluding carboxylic acids is 1. The van der Waals surface area contributed by atoms with Crippen molar-refractivity contribution in [3.63, 3.8) is 0 Å². The topological polar surface area (TPSA) is 84.9 Å². The molecule has 0 atom stereocenters. The van der Waals surface area contributed by atoms with E-state index in [2.05, 4.69) is 4.72 Å². The van der Waals surface area contributed by atoms with Crippen molar-refractivity contribution in [3.8, 4) is 11.5 Å². The molecule has 3 rings (SSSR count). The highest BCUT2D eigenvalue weighted by Gasteiger charge is 2.25. The van der Waals surface area contributed by atoms with E-state index in [-0.39, 0.29) is 16.8 Å². The molecular formula is C22H26N2O5S. The van der Waals surface area contributed by atoms with Gasteiger partial charge in [0.2, 0.25) is 15.9 Å². The Bertz CT molecular complexity index is 975. The summed E-state index contributed by atoms with van der Waals surface area (Å²) in [5.74, 6) is 1.18. The average molecular weight is 431 g/mol. The van der Waals surface area contributed by atoms with E-state index in [0.29, 0.717) is 37.4 Å². The quantitative estimate of drug-likeness (QED) is 0.683. The van der Waals surface area contributed by atoms with Gasteiger partial charge in [-0.05, 0) is 48.7 Å². The van der Waals surface area contributed by atoms with E-state index in [1.165, 1.54) is 6.08 Å². The van der Waals surface area contributed by atoms with Crippen molar-refractivity contribution in [2.24, 2.45) is 0 Å². The number of sulfonamides is 1. The molecule has 0 aliphatic carbocycles. The van der Waals surface area contributed by atoms with Gasteiger partial charge in [0, 0.05) is 31.3 Å². The predicted octanol–water partition coefficient (Wildman–Crippen LogP) is 2.69. The number of hydrogen-bond acceptors (Lipinski definition) is 5. The lowest BCUT2D eigenvalue weighted by Gasteiger charge is -2.31. The van der Waals surface area contributed by atoms with Crippen molar-refractivity contribution >= 4 is 22.0 Å². The van der Waals surface area contributed by atoms with Gasteiger partial charge < -0.3 is 14.4 Å². The van der Waals surface area contributed by atoms with E-state index in [0.717, 1.165) is 5.56 Å². The first-order valence-electron chi connectivity index (χ1n) is 9.69. The fourth-order valence-corrected chi connectivity index (χ4v) is 4.63. The Kier molecular flexibility index (Phi) is 7.12. The Morgan fingerprint density at radius 3 is 2.20 bits per heavy atom. The van der Waals surface area contributed by atoms with E-state index in [1.54, 1.807) is 61.6 Å². The summed E-state index contributed by atoms with van der Waals surface area (Å²) in [6.45, 7) is 0.985. The van der Waals surface area contributed by atoms with Crippen LogP contribution in [0.15, 0.2) is 59.5 Å². The van der Waals surface area contributed by atoms with E-state index < -0.39 is 10.0 Å². The maximum absolute atomic E-state index is 12.5. The van der Waals surface area contributed by atoms with Gasteiger partial charge in [-0.2, -0.15) is 0 Å². The number of rotatable bonds is 7. The van der Waals surface area contributed by atoms with Gasteiger partial charge in [0.05, 0.1) is 19.1 Å². The van der Waals surface area contributed by atoms with Crippen LogP contribution >= 0.6 is 0 Å². The molecule has 1 heterocycles. The zero-order valence-electron chi connectivity index (χ0n) is 17.1. The summed E-state index contributed by atoms with van der Waals surface area (Å²) in [7, 11) is -0.402. The predicted molar refractivity (Wildman–Crippen MR) is 115 cm³/mol. The maximum atomic E-state index is 12.5. The zero-order valence-corrected chi connectivity index (χ0v) is 17.9. The molecule has 7 nitrogen and oxygen atoms in total. The fourth-order valence-electron chi connectivity index (χ4n) is 3.30. The first-order chi connectivity index (χ1) is 14.4. The van der Waals surface area contributed by atoms with Gasteiger partial charge in [-0.1, -0.05) is 18.2 Å². The molecule has 1 aliphatic heterocycles. The molecular weight excluding hydrogens is 404 g/mol. The number of ether oxygens (including phenoxy) is 2. The van der Waals surface area contributed by atoms with Crippen LogP contribution in [0.5, 0.6) is 11.5 Å². The first kappa shape index (κ1) is 21.9. The lowest BCUT2D eigenvalue weighted by atomic mass is 10.1. The van der Waals surface area contributed by atoms with Crippen molar-refractivity contribution in [3.05, 3.63) is 60.2 Å². The van der Waals surface area contributed by atoms with Crippen LogP contribution in [0, 0.1) is 0 Å². The molecule has 8 heteroatoms. The number of likely N-dealkylation sites (tertiary alicyclic amines) is 1. The Labute approximate surface area is 177 Å². The molecule has 0 saturated carbocycles. The van der Waals surface area contributed by atoms with E-state index >= 15 is 0 Å². The standard InChI is InChI=1S/C22H26N2O5S/c1-28-19-14-17(15-20(16-19)29-2)8-9-22(25)24-12-10-18(11-13-24)23-30(26,27)21-6-4-3-5-7-21/h3-9,14-16,18,23H,10-13H2,1-2H3. The number of methoxy groups -OCH3 is 2. The van der Waals surface area contributed by atoms with Gasteiger partial charge in [-0.25, -0.2) is 13.1 Å². The van der Waals surface area contributed by atoms with Crippen LogP contribution in [0.2, 0.25) is 0 Å². The molecule has 30 heavy (non-hydrogen) atoms. The van der Waals surface area contributed by atoms with Crippen LogP contribution in [-0.4, -0.2) is 52.6 Å². The van der Waals surface area contributed by atoms with Crippen LogP contribution < -0.4 is 14.2 Å². The highest BCUT2D eigenvalue weighted by molar-refractivity contribution is 7.89. The summed E-state index contributed by atoms with van der Waals surface area (Å²) in [6, 6.07) is 13.5. The van der Waals surface area contributed by atoms with E-state index in [1.807, 2.05) is 12.1 Å². The molecule has 2 aromatic carbocycles. The molecule has 160 valence electrons. The normalized spacial score (nSPS) is 15.3. The van der Waals surface area contributed by atoms with Gasteiger partial charge in [0.25, 0.3) is 0 Å². The highest BCUT2D eigenvalue weighted by Crippen LogP contribution is 2.23. The Hall–Kier alpha value is -2.84. The third kappa shape index (κ3) is 5.61. The summed E-state index contributed by atoms with van der Waals surface area (Å²) < 4.78 is 38.1. The fraction of sp³-hybridized carbons (Fsp3) is 0.318. The van der Waals surface area contributed by atoms with E-state index in [9.17, 15) is 13.2 Å². The molecule has 1 N–H and O–H groups in total. The smallest absolute Gasteiger partial charge is 0.246 e. The second-order valence-electron chi connectivity index (χ2n) is 7.01. The minimum atomic E-state index is -3.55. The third-order valence-electron chi connectivity index (χ3n) is 4.97. The Balaban J connectivity index is 1.56. The van der Waals surface area contributed by atoms with Crippen LogP contribution in [-0.2, 0) is 14.8 Å². The third-order valence-corrected chi connectivity index (χ3v) is 6.51. The number of benzene rings is 2. The minimum Gasteiger partial charge on any atom is -0.497 e. The number of hydrogen-bond donors (Lipinski definition) is 1. The molecule has 0 radical (unpaired) electrons. The Morgan fingerprint density at radius 2 is 1.63 bits per heavy atom. The summed E-state index contributed by atoms with van der Waals surface area (Å²) in [4.78, 5) is 14.5. The monoisotopic (exact) mass is 430 g/mol. The van der Waals surface area contributed by atoms with Crippen molar-refractivity contribution in [1.29, 1.82) is 0 Å². The molecule has 2 aromatic rings. The van der Waals surface area contributed by atoms with Crippen molar-refractivity contribution in [2.45, 2.75) is 23.8 Å². The number of nitrogens with one attached hydrogen (secondary N) is 1. The first-order valence-corrected chi connectivity index (χ1v) is 11.2. The van der Waals surface area contributed by atoms with Crippen molar-refractivity contribution in [2.75, 3.05) is 27.3 Å². The largest absolute Gasteiger partial charge is 0.497 e. The summed E-state index contributed by atoms with van der Waals surface area (Å²) in [5, 5.41) is 0. The summed E-state index contributed by atoms with van der Waals surface area (Å²) in [6.07, 6.45) is 4.37. The maximum Gasteiger partial charge on any atom is 0.246 e.